The summed E-state index contributed by atoms with van der Waals surface area (Å²) in [6.07, 6.45) is 0.491. The number of hydrogen-bond donors (Lipinski definition) is 1. The molecule has 3 heteroatoms. The topological polar surface area (TPSA) is 29.1 Å². The van der Waals surface area contributed by atoms with Gasteiger partial charge in [0.05, 0.1) is 0 Å². The average molecular weight is 329 g/mol. The van der Waals surface area contributed by atoms with Gasteiger partial charge in [-0.1, -0.05) is 0 Å². The van der Waals surface area contributed by atoms with Crippen LogP contribution in [0.2, 0.25) is 0 Å². The Kier molecular flexibility index (Phi) is 4.67. The number of carbonyl (C=O) groups excluding carboxylic acids is 1. The number of hydrogen-bond acceptors (Lipinski definition) is 1. The van der Waals surface area contributed by atoms with Crippen molar-refractivity contribution in [3.05, 3.63) is 65.7 Å². The molecule has 2 aromatic rings. The molecule has 0 spiro atoms. The van der Waals surface area contributed by atoms with E-state index in [1.54, 1.807) is 16.9 Å². The Bertz CT molecular complexity index is 593. The summed E-state index contributed by atoms with van der Waals surface area (Å²) in [6, 6.07) is 18.1. The standard InChI is InChI=1S/C17H20AsNO/c1-13-7-6-10-15(11-13)19-16(20)12-17(2,18)14-8-4-3-5-9-14/h3-11H,12,18H2,1-2H3,(H,19,20). The van der Waals surface area contributed by atoms with Crippen molar-refractivity contribution in [3.63, 3.8) is 0 Å². The average Bonchev–Trinajstić information content (AvgIpc) is 2.39. The summed E-state index contributed by atoms with van der Waals surface area (Å²) in [4.78, 5) is 12.2. The van der Waals surface area contributed by atoms with Crippen molar-refractivity contribution < 1.29 is 4.79 Å². The van der Waals surface area contributed by atoms with Gasteiger partial charge in [0.25, 0.3) is 0 Å². The summed E-state index contributed by atoms with van der Waals surface area (Å²) in [5, 5.41) is 2.98. The quantitative estimate of drug-likeness (QED) is 0.859. The molecule has 1 N–H and O–H groups in total. The first-order chi connectivity index (χ1) is 9.47. The van der Waals surface area contributed by atoms with Crippen LogP contribution < -0.4 is 5.32 Å². The number of aryl methyl sites for hydroxylation is 1. The summed E-state index contributed by atoms with van der Waals surface area (Å²) < 4.78 is -0.109. The Hall–Kier alpha value is -1.53. The first-order valence-electron chi connectivity index (χ1n) is 6.68. The predicted octanol–water partition coefficient (Wildman–Crippen LogP) is 2.87. The molecule has 0 saturated heterocycles. The van der Waals surface area contributed by atoms with Gasteiger partial charge in [-0.25, -0.2) is 0 Å². The van der Waals surface area contributed by atoms with Gasteiger partial charge < -0.3 is 0 Å². The number of benzene rings is 2. The Morgan fingerprint density at radius 2 is 1.85 bits per heavy atom. The van der Waals surface area contributed by atoms with E-state index in [1.165, 1.54) is 5.56 Å². The molecule has 0 aliphatic carbocycles. The van der Waals surface area contributed by atoms with Crippen molar-refractivity contribution in [1.29, 1.82) is 0 Å². The van der Waals surface area contributed by atoms with E-state index < -0.39 is 0 Å². The first kappa shape index (κ1) is 14.9. The van der Waals surface area contributed by atoms with Crippen LogP contribution in [0.15, 0.2) is 54.6 Å². The van der Waals surface area contributed by atoms with Crippen LogP contribution in [-0.4, -0.2) is 22.8 Å². The van der Waals surface area contributed by atoms with Crippen molar-refractivity contribution >= 4 is 28.4 Å². The maximum atomic E-state index is 12.2. The van der Waals surface area contributed by atoms with E-state index >= 15 is 0 Å². The third-order valence-electron chi connectivity index (χ3n) is 3.26. The molecule has 0 aromatic heterocycles. The van der Waals surface area contributed by atoms with Crippen LogP contribution in [0.3, 0.4) is 0 Å². The van der Waals surface area contributed by atoms with Gasteiger partial charge in [0.2, 0.25) is 0 Å². The van der Waals surface area contributed by atoms with Gasteiger partial charge in [-0.2, -0.15) is 0 Å². The van der Waals surface area contributed by atoms with Crippen molar-refractivity contribution in [2.75, 3.05) is 5.32 Å². The zero-order valence-corrected chi connectivity index (χ0v) is 14.3. The number of amides is 1. The molecule has 2 rings (SSSR count). The molecule has 2 nitrogen and oxygen atoms in total. The molecule has 0 aliphatic rings. The van der Waals surface area contributed by atoms with E-state index in [9.17, 15) is 4.79 Å². The fourth-order valence-corrected chi connectivity index (χ4v) is 2.98. The van der Waals surface area contributed by atoms with Crippen LogP contribution in [-0.2, 0) is 9.00 Å². The molecule has 2 atom stereocenters. The SMILES string of the molecule is Cc1cccc(NC(=O)CC(C)([AsH2])c2ccccc2)c1. The molecule has 2 aromatic carbocycles. The molecule has 0 radical (unpaired) electrons. The van der Waals surface area contributed by atoms with Crippen LogP contribution in [0, 0.1) is 6.92 Å². The Balaban J connectivity index is 2.04. The Morgan fingerprint density at radius 1 is 1.15 bits per heavy atom. The summed E-state index contributed by atoms with van der Waals surface area (Å²) in [7, 11) is 0. The predicted molar refractivity (Wildman–Crippen MR) is 86.8 cm³/mol. The zero-order valence-electron chi connectivity index (χ0n) is 11.9. The molecule has 2 unspecified atom stereocenters. The van der Waals surface area contributed by atoms with Gasteiger partial charge in [-0.3, -0.25) is 0 Å². The summed E-state index contributed by atoms with van der Waals surface area (Å²) in [5.41, 5.74) is 3.22. The van der Waals surface area contributed by atoms with Gasteiger partial charge in [0.1, 0.15) is 0 Å². The van der Waals surface area contributed by atoms with Crippen LogP contribution in [0.25, 0.3) is 0 Å². The molecule has 0 aliphatic heterocycles. The van der Waals surface area contributed by atoms with E-state index in [-0.39, 0.29) is 10.1 Å². The zero-order chi connectivity index (χ0) is 14.6. The van der Waals surface area contributed by atoms with Gasteiger partial charge in [0, 0.05) is 0 Å². The van der Waals surface area contributed by atoms with Crippen LogP contribution >= 0.6 is 0 Å². The molecule has 0 heterocycles. The number of carbonyl (C=O) groups is 1. The Morgan fingerprint density at radius 3 is 2.50 bits per heavy atom. The molecule has 104 valence electrons. The van der Waals surface area contributed by atoms with E-state index in [4.69, 9.17) is 0 Å². The van der Waals surface area contributed by atoms with Gasteiger partial charge >= 0.3 is 129 Å². The molecular weight excluding hydrogens is 309 g/mol. The second-order valence-corrected chi connectivity index (χ2v) is 8.05. The van der Waals surface area contributed by atoms with E-state index in [0.717, 1.165) is 11.3 Å². The molecule has 0 saturated carbocycles. The minimum absolute atomic E-state index is 0.0614. The normalized spacial score (nSPS) is 13.6. The maximum absolute atomic E-state index is 12.2. The third kappa shape index (κ3) is 3.98. The van der Waals surface area contributed by atoms with E-state index in [2.05, 4.69) is 24.4 Å². The van der Waals surface area contributed by atoms with Gasteiger partial charge in [-0.15, -0.1) is 0 Å². The molecular formula is C17H20AsNO. The summed E-state index contributed by atoms with van der Waals surface area (Å²) in [5.74, 6) is 0.0614. The van der Waals surface area contributed by atoms with Gasteiger partial charge in [0.15, 0.2) is 0 Å². The number of anilines is 1. The monoisotopic (exact) mass is 329 g/mol. The summed E-state index contributed by atoms with van der Waals surface area (Å²) >= 11 is 1.57. The fraction of sp³-hybridized carbons (Fsp3) is 0.235. The summed E-state index contributed by atoms with van der Waals surface area (Å²) in [6.45, 7) is 4.14. The molecule has 0 fully saturated rings. The molecule has 1 amide bonds. The third-order valence-corrected chi connectivity index (χ3v) is 4.39. The number of nitrogens with one attached hydrogen (secondary N) is 1. The second-order valence-electron chi connectivity index (χ2n) is 5.38. The van der Waals surface area contributed by atoms with E-state index in [0.29, 0.717) is 6.42 Å². The van der Waals surface area contributed by atoms with E-state index in [1.807, 2.05) is 49.4 Å². The van der Waals surface area contributed by atoms with Crippen LogP contribution in [0.5, 0.6) is 0 Å². The Labute approximate surface area is 129 Å². The van der Waals surface area contributed by atoms with Crippen molar-refractivity contribution in [3.8, 4) is 0 Å². The molecule has 0 bridgehead atoms. The van der Waals surface area contributed by atoms with Crippen LogP contribution in [0.4, 0.5) is 5.69 Å². The van der Waals surface area contributed by atoms with Gasteiger partial charge in [-0.05, 0) is 0 Å². The van der Waals surface area contributed by atoms with Crippen molar-refractivity contribution in [1.82, 2.24) is 0 Å². The fourth-order valence-electron chi connectivity index (χ4n) is 2.18. The second kappa shape index (κ2) is 6.28. The van der Waals surface area contributed by atoms with Crippen molar-refractivity contribution in [2.45, 2.75) is 24.5 Å². The van der Waals surface area contributed by atoms with Crippen molar-refractivity contribution in [2.24, 2.45) is 0 Å². The number of rotatable bonds is 4. The minimum atomic E-state index is -0.109. The van der Waals surface area contributed by atoms with Crippen LogP contribution in [0.1, 0.15) is 24.5 Å². The molecule has 20 heavy (non-hydrogen) atoms. The first-order valence-corrected chi connectivity index (χ1v) is 7.89.